The molecule has 21 heavy (non-hydrogen) atoms. The van der Waals surface area contributed by atoms with E-state index in [0.29, 0.717) is 28.1 Å². The Morgan fingerprint density at radius 2 is 2.10 bits per heavy atom. The molecule has 0 unspecified atom stereocenters. The Balaban J connectivity index is 1.95. The third-order valence-electron chi connectivity index (χ3n) is 2.92. The van der Waals surface area contributed by atoms with Crippen molar-refractivity contribution >= 4 is 22.6 Å². The fourth-order valence-corrected chi connectivity index (χ4v) is 2.19. The van der Waals surface area contributed by atoms with E-state index < -0.39 is 5.63 Å². The molecule has 0 aliphatic heterocycles. The van der Waals surface area contributed by atoms with Gasteiger partial charge in [0.25, 0.3) is 5.89 Å². The molecule has 6 nitrogen and oxygen atoms in total. The fourth-order valence-electron chi connectivity index (χ4n) is 1.97. The molecule has 0 saturated carbocycles. The lowest BCUT2D eigenvalue weighted by molar-refractivity contribution is 0.242. The van der Waals surface area contributed by atoms with Crippen LogP contribution in [0.5, 0.6) is 5.75 Å². The maximum absolute atomic E-state index is 11.4. The molecule has 7 heteroatoms. The van der Waals surface area contributed by atoms with Gasteiger partial charge in [0, 0.05) is 17.5 Å². The van der Waals surface area contributed by atoms with Crippen molar-refractivity contribution in [2.75, 3.05) is 0 Å². The normalized spacial score (nSPS) is 11.0. The molecular weight excluding hydrogens is 296 g/mol. The molecule has 0 spiro atoms. The highest BCUT2D eigenvalue weighted by Crippen LogP contribution is 2.31. The Labute approximate surface area is 124 Å². The minimum atomic E-state index is -0.416. The number of halogens is 1. The smallest absolute Gasteiger partial charge is 0.336 e. The SMILES string of the molecule is Cc1noc(COc2cc3oc(=O)cc(C)c3cc2Cl)n1. The summed E-state index contributed by atoms with van der Waals surface area (Å²) in [5.41, 5.74) is 0.795. The summed E-state index contributed by atoms with van der Waals surface area (Å²) >= 11 is 6.17. The minimum Gasteiger partial charge on any atom is -0.482 e. The predicted molar refractivity (Wildman–Crippen MR) is 75.6 cm³/mol. The Kier molecular flexibility index (Phi) is 3.39. The van der Waals surface area contributed by atoms with Gasteiger partial charge in [-0.3, -0.25) is 0 Å². The molecule has 0 fully saturated rings. The number of nitrogens with zero attached hydrogens (tertiary/aromatic N) is 2. The quantitative estimate of drug-likeness (QED) is 0.692. The lowest BCUT2D eigenvalue weighted by Crippen LogP contribution is -2.00. The third kappa shape index (κ3) is 2.75. The van der Waals surface area contributed by atoms with E-state index in [1.54, 1.807) is 19.1 Å². The highest BCUT2D eigenvalue weighted by molar-refractivity contribution is 6.32. The van der Waals surface area contributed by atoms with Gasteiger partial charge in [0.1, 0.15) is 11.3 Å². The average Bonchev–Trinajstić information content (AvgIpc) is 2.83. The summed E-state index contributed by atoms with van der Waals surface area (Å²) in [4.78, 5) is 15.4. The Morgan fingerprint density at radius 1 is 1.29 bits per heavy atom. The average molecular weight is 307 g/mol. The molecule has 3 rings (SSSR count). The van der Waals surface area contributed by atoms with Gasteiger partial charge in [-0.15, -0.1) is 0 Å². The lowest BCUT2D eigenvalue weighted by atomic mass is 10.1. The summed E-state index contributed by atoms with van der Waals surface area (Å²) in [5, 5.41) is 4.84. The number of ether oxygens (including phenoxy) is 1. The van der Waals surface area contributed by atoms with Gasteiger partial charge in [-0.05, 0) is 25.5 Å². The van der Waals surface area contributed by atoms with Crippen LogP contribution in [0.15, 0.2) is 31.9 Å². The van der Waals surface area contributed by atoms with Gasteiger partial charge in [-0.25, -0.2) is 4.79 Å². The molecule has 0 saturated heterocycles. The molecule has 0 N–H and O–H groups in total. The first-order chi connectivity index (χ1) is 10.0. The van der Waals surface area contributed by atoms with Crippen LogP contribution in [0.3, 0.4) is 0 Å². The molecule has 0 aliphatic carbocycles. The monoisotopic (exact) mass is 306 g/mol. The molecule has 3 aromatic rings. The van der Waals surface area contributed by atoms with E-state index in [2.05, 4.69) is 10.1 Å². The van der Waals surface area contributed by atoms with Gasteiger partial charge in [-0.1, -0.05) is 16.8 Å². The number of aromatic nitrogens is 2. The molecule has 0 aliphatic rings. The molecule has 2 aromatic heterocycles. The molecule has 0 radical (unpaired) electrons. The standard InChI is InChI=1S/C14H11ClN2O4/c1-7-3-14(18)20-11-5-12(10(15)4-9(7)11)19-6-13-16-8(2)17-21-13/h3-5H,6H2,1-2H3. The first-order valence-electron chi connectivity index (χ1n) is 6.19. The van der Waals surface area contributed by atoms with Gasteiger partial charge in [-0.2, -0.15) is 4.98 Å². The Morgan fingerprint density at radius 3 is 2.81 bits per heavy atom. The number of fused-ring (bicyclic) bond motifs is 1. The van der Waals surface area contributed by atoms with Crippen molar-refractivity contribution in [1.82, 2.24) is 10.1 Å². The van der Waals surface area contributed by atoms with Crippen LogP contribution in [0.1, 0.15) is 17.3 Å². The maximum atomic E-state index is 11.4. The molecule has 108 valence electrons. The summed E-state index contributed by atoms with van der Waals surface area (Å²) in [6, 6.07) is 4.69. The van der Waals surface area contributed by atoms with Gasteiger partial charge in [0.15, 0.2) is 12.4 Å². The molecule has 0 bridgehead atoms. The van der Waals surface area contributed by atoms with Gasteiger partial charge in [0.2, 0.25) is 0 Å². The van der Waals surface area contributed by atoms with E-state index in [4.69, 9.17) is 25.3 Å². The summed E-state index contributed by atoms with van der Waals surface area (Å²) in [7, 11) is 0. The summed E-state index contributed by atoms with van der Waals surface area (Å²) in [5.74, 6) is 1.25. The minimum absolute atomic E-state index is 0.0854. The summed E-state index contributed by atoms with van der Waals surface area (Å²) < 4.78 is 15.6. The van der Waals surface area contributed by atoms with Crippen LogP contribution < -0.4 is 10.4 Å². The van der Waals surface area contributed by atoms with E-state index in [1.165, 1.54) is 6.07 Å². The van der Waals surface area contributed by atoms with Crippen molar-refractivity contribution in [1.29, 1.82) is 0 Å². The highest BCUT2D eigenvalue weighted by atomic mass is 35.5. The lowest BCUT2D eigenvalue weighted by Gasteiger charge is -2.08. The third-order valence-corrected chi connectivity index (χ3v) is 3.22. The van der Waals surface area contributed by atoms with Gasteiger partial charge < -0.3 is 13.7 Å². The van der Waals surface area contributed by atoms with Gasteiger partial charge >= 0.3 is 5.63 Å². The second-order valence-corrected chi connectivity index (χ2v) is 4.96. The molecule has 1 aromatic carbocycles. The summed E-state index contributed by atoms with van der Waals surface area (Å²) in [6.45, 7) is 3.62. The Hall–Kier alpha value is -2.34. The predicted octanol–water partition coefficient (Wildman–Crippen LogP) is 3.03. The van der Waals surface area contributed by atoms with E-state index in [-0.39, 0.29) is 6.61 Å². The van der Waals surface area contributed by atoms with E-state index in [1.807, 2.05) is 6.92 Å². The number of rotatable bonds is 3. The first kappa shape index (κ1) is 13.6. The number of aryl methyl sites for hydroxylation is 2. The van der Waals surface area contributed by atoms with Crippen LogP contribution in [-0.2, 0) is 6.61 Å². The molecule has 0 atom stereocenters. The number of hydrogen-bond donors (Lipinski definition) is 0. The van der Waals surface area contributed by atoms with E-state index in [9.17, 15) is 4.79 Å². The zero-order valence-corrected chi connectivity index (χ0v) is 12.1. The van der Waals surface area contributed by atoms with Crippen molar-refractivity contribution in [2.45, 2.75) is 20.5 Å². The zero-order chi connectivity index (χ0) is 15.0. The largest absolute Gasteiger partial charge is 0.482 e. The molecule has 0 amide bonds. The van der Waals surface area contributed by atoms with Crippen LogP contribution in [-0.4, -0.2) is 10.1 Å². The second-order valence-electron chi connectivity index (χ2n) is 4.55. The van der Waals surface area contributed by atoms with Crippen molar-refractivity contribution in [3.8, 4) is 5.75 Å². The topological polar surface area (TPSA) is 78.4 Å². The van der Waals surface area contributed by atoms with Crippen LogP contribution >= 0.6 is 11.6 Å². The summed E-state index contributed by atoms with van der Waals surface area (Å²) in [6.07, 6.45) is 0. The van der Waals surface area contributed by atoms with Crippen LogP contribution in [0, 0.1) is 13.8 Å². The van der Waals surface area contributed by atoms with E-state index >= 15 is 0 Å². The van der Waals surface area contributed by atoms with Crippen molar-refractivity contribution < 1.29 is 13.7 Å². The number of benzene rings is 1. The highest BCUT2D eigenvalue weighted by Gasteiger charge is 2.11. The van der Waals surface area contributed by atoms with Crippen LogP contribution in [0.4, 0.5) is 0 Å². The van der Waals surface area contributed by atoms with Gasteiger partial charge in [0.05, 0.1) is 5.02 Å². The van der Waals surface area contributed by atoms with E-state index in [0.717, 1.165) is 10.9 Å². The van der Waals surface area contributed by atoms with Crippen molar-refractivity contribution in [3.63, 3.8) is 0 Å². The molecule has 2 heterocycles. The van der Waals surface area contributed by atoms with Crippen molar-refractivity contribution in [2.24, 2.45) is 0 Å². The maximum Gasteiger partial charge on any atom is 0.336 e. The second kappa shape index (κ2) is 5.21. The van der Waals surface area contributed by atoms with Crippen LogP contribution in [0.2, 0.25) is 5.02 Å². The first-order valence-corrected chi connectivity index (χ1v) is 6.57. The zero-order valence-electron chi connectivity index (χ0n) is 11.3. The fraction of sp³-hybridized carbons (Fsp3) is 0.214. The Bertz CT molecular complexity index is 869. The van der Waals surface area contributed by atoms with Crippen molar-refractivity contribution in [3.05, 3.63) is 50.9 Å². The number of hydrogen-bond acceptors (Lipinski definition) is 6. The van der Waals surface area contributed by atoms with Crippen LogP contribution in [0.25, 0.3) is 11.0 Å². The molecular formula is C14H11ClN2O4.